The molecule has 6 nitrogen and oxygen atoms in total. The third-order valence-electron chi connectivity index (χ3n) is 4.83. The second-order valence-corrected chi connectivity index (χ2v) is 10.0. The van der Waals surface area contributed by atoms with Crippen molar-refractivity contribution in [1.82, 2.24) is 14.8 Å². The molecule has 2 fully saturated rings. The van der Waals surface area contributed by atoms with Gasteiger partial charge in [0.15, 0.2) is 0 Å². The molecule has 1 aliphatic heterocycles. The van der Waals surface area contributed by atoms with Crippen LogP contribution in [0.3, 0.4) is 0 Å². The molecule has 1 saturated heterocycles. The molecule has 1 aliphatic carbocycles. The van der Waals surface area contributed by atoms with Gasteiger partial charge in [-0.2, -0.15) is 0 Å². The fourth-order valence-corrected chi connectivity index (χ4v) is 5.91. The minimum Gasteiger partial charge on any atom is -0.364 e. The third kappa shape index (κ3) is 4.31. The van der Waals surface area contributed by atoms with E-state index in [1.165, 1.54) is 30.4 Å². The van der Waals surface area contributed by atoms with Crippen LogP contribution in [0.15, 0.2) is 33.2 Å². The van der Waals surface area contributed by atoms with Crippen LogP contribution in [-0.4, -0.2) is 44.2 Å². The fourth-order valence-electron chi connectivity index (χ4n) is 3.37. The van der Waals surface area contributed by atoms with E-state index in [0.29, 0.717) is 9.90 Å². The predicted molar refractivity (Wildman–Crippen MR) is 96.9 cm³/mol. The van der Waals surface area contributed by atoms with Gasteiger partial charge in [0.25, 0.3) is 0 Å². The van der Waals surface area contributed by atoms with Gasteiger partial charge in [-0.05, 0) is 50.3 Å². The first-order chi connectivity index (χ1) is 12.1. The van der Waals surface area contributed by atoms with Gasteiger partial charge < -0.3 is 9.42 Å². The average molecular weight is 382 g/mol. The van der Waals surface area contributed by atoms with Gasteiger partial charge in [-0.1, -0.05) is 11.6 Å². The molecule has 1 saturated carbocycles. The molecule has 0 spiro atoms. The number of likely N-dealkylation sites (tertiary alicyclic amines) is 1. The van der Waals surface area contributed by atoms with Crippen molar-refractivity contribution in [3.63, 3.8) is 0 Å². The van der Waals surface area contributed by atoms with Gasteiger partial charge >= 0.3 is 0 Å². The number of thiophene rings is 1. The Balaban J connectivity index is 1.44. The maximum absolute atomic E-state index is 12.8. The molecule has 2 aromatic heterocycles. The third-order valence-corrected chi connectivity index (χ3v) is 7.95. The van der Waals surface area contributed by atoms with Crippen LogP contribution >= 0.6 is 11.3 Å². The smallest absolute Gasteiger partial charge is 0.250 e. The Kier molecular flexibility index (Phi) is 4.95. The number of nitrogens with zero attached hydrogens (tertiary/aromatic N) is 2. The molecule has 0 amide bonds. The van der Waals surface area contributed by atoms with E-state index in [0.717, 1.165) is 49.7 Å². The molecule has 2 aromatic rings. The van der Waals surface area contributed by atoms with Crippen molar-refractivity contribution in [3.05, 3.63) is 24.5 Å². The van der Waals surface area contributed by atoms with E-state index in [9.17, 15) is 8.42 Å². The van der Waals surface area contributed by atoms with Crippen molar-refractivity contribution >= 4 is 21.4 Å². The first-order valence-electron chi connectivity index (χ1n) is 8.85. The van der Waals surface area contributed by atoms with Gasteiger partial charge in [0.1, 0.15) is 16.2 Å². The van der Waals surface area contributed by atoms with E-state index >= 15 is 0 Å². The highest BCUT2D eigenvalue weighted by Gasteiger charge is 2.29. The number of aromatic nitrogens is 1. The van der Waals surface area contributed by atoms with Crippen molar-refractivity contribution in [3.8, 4) is 10.6 Å². The van der Waals surface area contributed by atoms with Crippen LogP contribution in [0, 0.1) is 5.92 Å². The van der Waals surface area contributed by atoms with Gasteiger partial charge in [0.2, 0.25) is 10.0 Å². The lowest BCUT2D eigenvalue weighted by Gasteiger charge is -2.24. The standard InChI is InChI=1S/C17H23N3O3S2/c21-25(22,17-7-6-16(24-17)15-8-10-23-18-15)19-14-3-1-2-9-20(12-14)11-13-4-5-13/h6-8,10,13-14,19H,1-5,9,11-12H2/t14-/m0/s1. The number of nitrogens with one attached hydrogen (secondary N) is 1. The Morgan fingerprint density at radius 2 is 2.12 bits per heavy atom. The summed E-state index contributed by atoms with van der Waals surface area (Å²) in [5.41, 5.74) is 0.663. The number of rotatable bonds is 6. The maximum atomic E-state index is 12.8. The Bertz CT molecular complexity index is 797. The predicted octanol–water partition coefficient (Wildman–Crippen LogP) is 2.95. The van der Waals surface area contributed by atoms with E-state index in [-0.39, 0.29) is 6.04 Å². The fraction of sp³-hybridized carbons (Fsp3) is 0.588. The molecule has 4 rings (SSSR count). The zero-order valence-electron chi connectivity index (χ0n) is 14.1. The summed E-state index contributed by atoms with van der Waals surface area (Å²) in [6, 6.07) is 5.15. The SMILES string of the molecule is O=S(=O)(N[C@H]1CCCCN(CC2CC2)C1)c1ccc(-c2ccon2)s1. The lowest BCUT2D eigenvalue weighted by molar-refractivity contribution is 0.257. The molecule has 1 N–H and O–H groups in total. The number of hydrogen-bond donors (Lipinski definition) is 1. The molecule has 0 unspecified atom stereocenters. The molecule has 0 bridgehead atoms. The van der Waals surface area contributed by atoms with Gasteiger partial charge in [0, 0.05) is 25.2 Å². The van der Waals surface area contributed by atoms with Crippen LogP contribution in [0.5, 0.6) is 0 Å². The van der Waals surface area contributed by atoms with E-state index < -0.39 is 10.0 Å². The van der Waals surface area contributed by atoms with Crippen molar-refractivity contribution in [2.24, 2.45) is 5.92 Å². The Labute approximate surface area is 152 Å². The minimum atomic E-state index is -3.50. The van der Waals surface area contributed by atoms with Crippen LogP contribution in [0.1, 0.15) is 32.1 Å². The molecule has 0 radical (unpaired) electrons. The average Bonchev–Trinajstić information content (AvgIpc) is 3.08. The van der Waals surface area contributed by atoms with Crippen molar-refractivity contribution in [2.45, 2.75) is 42.4 Å². The Morgan fingerprint density at radius 3 is 2.88 bits per heavy atom. The normalized spacial score (nSPS) is 22.8. The lowest BCUT2D eigenvalue weighted by Crippen LogP contribution is -2.42. The van der Waals surface area contributed by atoms with Gasteiger partial charge in [0.05, 0.1) is 4.88 Å². The first kappa shape index (κ1) is 17.2. The molecule has 1 atom stereocenters. The van der Waals surface area contributed by atoms with Crippen molar-refractivity contribution in [1.29, 1.82) is 0 Å². The number of sulfonamides is 1. The summed E-state index contributed by atoms with van der Waals surface area (Å²) in [4.78, 5) is 3.23. The van der Waals surface area contributed by atoms with E-state index in [1.54, 1.807) is 18.2 Å². The lowest BCUT2D eigenvalue weighted by atomic mass is 10.2. The Hall–Kier alpha value is -1.22. The molecule has 3 heterocycles. The van der Waals surface area contributed by atoms with Gasteiger partial charge in [-0.25, -0.2) is 13.1 Å². The summed E-state index contributed by atoms with van der Waals surface area (Å²) in [6.45, 7) is 3.02. The van der Waals surface area contributed by atoms with Crippen molar-refractivity contribution < 1.29 is 12.9 Å². The summed E-state index contributed by atoms with van der Waals surface area (Å²) < 4.78 is 33.6. The zero-order chi connectivity index (χ0) is 17.3. The van der Waals surface area contributed by atoms with Crippen LogP contribution < -0.4 is 4.72 Å². The summed E-state index contributed by atoms with van der Waals surface area (Å²) >= 11 is 1.23. The summed E-state index contributed by atoms with van der Waals surface area (Å²) in [7, 11) is -3.50. The molecule has 136 valence electrons. The molecule has 0 aromatic carbocycles. The molecule has 8 heteroatoms. The highest BCUT2D eigenvalue weighted by molar-refractivity contribution is 7.91. The molecule has 25 heavy (non-hydrogen) atoms. The highest BCUT2D eigenvalue weighted by Crippen LogP contribution is 2.31. The topological polar surface area (TPSA) is 75.4 Å². The molecular weight excluding hydrogens is 358 g/mol. The summed E-state index contributed by atoms with van der Waals surface area (Å²) in [6.07, 6.45) is 7.27. The highest BCUT2D eigenvalue weighted by atomic mass is 32.2. The minimum absolute atomic E-state index is 0.0103. The first-order valence-corrected chi connectivity index (χ1v) is 11.2. The molecular formula is C17H23N3O3S2. The second kappa shape index (κ2) is 7.19. The number of hydrogen-bond acceptors (Lipinski definition) is 6. The zero-order valence-corrected chi connectivity index (χ0v) is 15.7. The van der Waals surface area contributed by atoms with Crippen LogP contribution in [-0.2, 0) is 10.0 Å². The molecule has 2 aliphatic rings. The van der Waals surface area contributed by atoms with Gasteiger partial charge in [-0.15, -0.1) is 11.3 Å². The summed E-state index contributed by atoms with van der Waals surface area (Å²) in [5.74, 6) is 0.831. The quantitative estimate of drug-likeness (QED) is 0.833. The van der Waals surface area contributed by atoms with E-state index in [4.69, 9.17) is 4.52 Å². The monoisotopic (exact) mass is 381 g/mol. The van der Waals surface area contributed by atoms with Crippen LogP contribution in [0.4, 0.5) is 0 Å². The van der Waals surface area contributed by atoms with Gasteiger partial charge in [-0.3, -0.25) is 0 Å². The van der Waals surface area contributed by atoms with E-state index in [1.807, 2.05) is 0 Å². The summed E-state index contributed by atoms with van der Waals surface area (Å²) in [5, 5.41) is 3.87. The van der Waals surface area contributed by atoms with Crippen LogP contribution in [0.2, 0.25) is 0 Å². The van der Waals surface area contributed by atoms with Crippen LogP contribution in [0.25, 0.3) is 10.6 Å². The second-order valence-electron chi connectivity index (χ2n) is 7.02. The van der Waals surface area contributed by atoms with Crippen molar-refractivity contribution in [2.75, 3.05) is 19.6 Å². The Morgan fingerprint density at radius 1 is 1.24 bits per heavy atom. The maximum Gasteiger partial charge on any atom is 0.250 e. The van der Waals surface area contributed by atoms with E-state index in [2.05, 4.69) is 14.8 Å². The largest absolute Gasteiger partial charge is 0.364 e.